The predicted molar refractivity (Wildman–Crippen MR) is 119 cm³/mol. The lowest BCUT2D eigenvalue weighted by atomic mass is 9.99. The minimum Gasteiger partial charge on any atom is -0.469 e. The topological polar surface area (TPSA) is 165 Å². The van der Waals surface area contributed by atoms with E-state index in [1.54, 1.807) is 0 Å². The van der Waals surface area contributed by atoms with Crippen LogP contribution in [-0.2, 0) is 35.0 Å². The highest BCUT2D eigenvalue weighted by atomic mass is 35.5. The monoisotopic (exact) mass is 516 g/mol. The highest BCUT2D eigenvalue weighted by molar-refractivity contribution is 6.32. The van der Waals surface area contributed by atoms with Crippen LogP contribution in [0.2, 0.25) is 10.0 Å². The Bertz CT molecular complexity index is 1090. The zero-order valence-corrected chi connectivity index (χ0v) is 19.5. The van der Waals surface area contributed by atoms with Crippen LogP contribution in [0.25, 0.3) is 0 Å². The molecule has 0 fully saturated rings. The van der Waals surface area contributed by atoms with E-state index in [4.69, 9.17) is 23.2 Å². The molecule has 0 radical (unpaired) electrons. The second-order valence-electron chi connectivity index (χ2n) is 6.23. The minimum atomic E-state index is -1.37. The first-order chi connectivity index (χ1) is 16.0. The van der Waals surface area contributed by atoms with Crippen LogP contribution in [0.5, 0.6) is 0 Å². The first-order valence-corrected chi connectivity index (χ1v) is 9.81. The summed E-state index contributed by atoms with van der Waals surface area (Å²) in [6.45, 7) is 0. The summed E-state index contributed by atoms with van der Waals surface area (Å²) in [4.78, 5) is 53.9. The van der Waals surface area contributed by atoms with Gasteiger partial charge in [0.15, 0.2) is 5.92 Å². The third-order valence-electron chi connectivity index (χ3n) is 4.19. The predicted octanol–water partition coefficient (Wildman–Crippen LogP) is 3.64. The van der Waals surface area contributed by atoms with Gasteiger partial charge in [0.25, 0.3) is 11.4 Å². The third-order valence-corrected chi connectivity index (χ3v) is 4.87. The van der Waals surface area contributed by atoms with Crippen molar-refractivity contribution in [2.45, 2.75) is 12.3 Å². The number of non-ortho nitro benzene ring substituents is 2. The number of benzene rings is 2. The Balaban J connectivity index is 0.000000350. The molecule has 2 aromatic carbocycles. The molecule has 0 atom stereocenters. The van der Waals surface area contributed by atoms with E-state index in [-0.39, 0.29) is 33.4 Å². The molecule has 2 aromatic rings. The van der Waals surface area contributed by atoms with Crippen LogP contribution < -0.4 is 0 Å². The molecule has 0 saturated heterocycles. The van der Waals surface area contributed by atoms with Crippen LogP contribution in [0.1, 0.15) is 17.0 Å². The molecule has 0 saturated carbocycles. The number of carbonyl (C=O) groups excluding carboxylic acids is 3. The van der Waals surface area contributed by atoms with Crippen molar-refractivity contribution >= 4 is 52.5 Å². The van der Waals surface area contributed by atoms with Crippen LogP contribution >= 0.6 is 23.2 Å². The molecule has 0 aliphatic rings. The Morgan fingerprint density at radius 2 is 1.29 bits per heavy atom. The van der Waals surface area contributed by atoms with E-state index in [1.807, 2.05) is 0 Å². The maximum Gasteiger partial charge on any atom is 0.324 e. The summed E-state index contributed by atoms with van der Waals surface area (Å²) in [7, 11) is 3.48. The molecule has 12 nitrogen and oxygen atoms in total. The summed E-state index contributed by atoms with van der Waals surface area (Å²) in [6.07, 6.45) is 0.00727. The van der Waals surface area contributed by atoms with Crippen molar-refractivity contribution in [3.05, 3.63) is 77.8 Å². The summed E-state index contributed by atoms with van der Waals surface area (Å²) >= 11 is 11.6. The van der Waals surface area contributed by atoms with E-state index in [2.05, 4.69) is 14.2 Å². The molecule has 0 bridgehead atoms. The number of nitrogens with zero attached hydrogens (tertiary/aromatic N) is 2. The largest absolute Gasteiger partial charge is 0.469 e. The number of halogens is 2. The first kappa shape index (κ1) is 28.3. The average Bonchev–Trinajstić information content (AvgIpc) is 2.81. The van der Waals surface area contributed by atoms with Gasteiger partial charge in [-0.1, -0.05) is 29.3 Å². The van der Waals surface area contributed by atoms with Gasteiger partial charge in [-0.25, -0.2) is 0 Å². The number of hydrogen-bond donors (Lipinski definition) is 0. The lowest BCUT2D eigenvalue weighted by Gasteiger charge is -2.13. The Hall–Kier alpha value is -3.77. The van der Waals surface area contributed by atoms with Crippen LogP contribution in [0.4, 0.5) is 11.4 Å². The molecule has 0 spiro atoms. The van der Waals surface area contributed by atoms with Gasteiger partial charge < -0.3 is 14.2 Å². The number of carbonyl (C=O) groups is 3. The van der Waals surface area contributed by atoms with Crippen molar-refractivity contribution in [1.29, 1.82) is 0 Å². The molecule has 2 rings (SSSR count). The Morgan fingerprint density at radius 1 is 0.824 bits per heavy atom. The molecule has 34 heavy (non-hydrogen) atoms. The highest BCUT2D eigenvalue weighted by Gasteiger charge is 2.33. The van der Waals surface area contributed by atoms with Gasteiger partial charge in [0.1, 0.15) is 0 Å². The molecular formula is C20H18Cl2N2O10. The zero-order chi connectivity index (χ0) is 26.0. The molecule has 0 aliphatic carbocycles. The molecule has 14 heteroatoms. The number of methoxy groups -OCH3 is 3. The van der Waals surface area contributed by atoms with E-state index < -0.39 is 33.7 Å². The van der Waals surface area contributed by atoms with Crippen molar-refractivity contribution in [2.75, 3.05) is 21.3 Å². The second-order valence-corrected chi connectivity index (χ2v) is 7.04. The maximum atomic E-state index is 11.6. The molecule has 0 heterocycles. The number of nitro benzene ring substituents is 2. The van der Waals surface area contributed by atoms with Gasteiger partial charge in [0.05, 0.1) is 47.6 Å². The van der Waals surface area contributed by atoms with Crippen molar-refractivity contribution < 1.29 is 38.4 Å². The van der Waals surface area contributed by atoms with E-state index in [1.165, 1.54) is 31.4 Å². The molecule has 0 unspecified atom stereocenters. The second kappa shape index (κ2) is 13.1. The number of nitro groups is 2. The van der Waals surface area contributed by atoms with E-state index >= 15 is 0 Å². The quantitative estimate of drug-likeness (QED) is 0.174. The lowest BCUT2D eigenvalue weighted by Crippen LogP contribution is -2.24. The van der Waals surface area contributed by atoms with Gasteiger partial charge in [-0.3, -0.25) is 34.6 Å². The number of rotatable bonds is 7. The fraction of sp³-hybridized carbons (Fsp3) is 0.250. The van der Waals surface area contributed by atoms with Gasteiger partial charge in [-0.2, -0.15) is 0 Å². The van der Waals surface area contributed by atoms with E-state index in [0.29, 0.717) is 5.56 Å². The Labute approximate surface area is 202 Å². The molecular weight excluding hydrogens is 499 g/mol. The summed E-state index contributed by atoms with van der Waals surface area (Å²) < 4.78 is 13.4. The number of hydrogen-bond acceptors (Lipinski definition) is 10. The molecule has 182 valence electrons. The van der Waals surface area contributed by atoms with Crippen molar-refractivity contribution in [3.8, 4) is 0 Å². The summed E-state index contributed by atoms with van der Waals surface area (Å²) in [5.74, 6) is -3.53. The van der Waals surface area contributed by atoms with Gasteiger partial charge in [0, 0.05) is 24.3 Å². The molecule has 0 aliphatic heterocycles. The number of esters is 3. The highest BCUT2D eigenvalue weighted by Crippen LogP contribution is 2.30. The first-order valence-electron chi connectivity index (χ1n) is 9.05. The van der Waals surface area contributed by atoms with E-state index in [9.17, 15) is 34.6 Å². The summed E-state index contributed by atoms with van der Waals surface area (Å²) in [5, 5.41) is 21.1. The van der Waals surface area contributed by atoms with Gasteiger partial charge >= 0.3 is 17.9 Å². The maximum absolute atomic E-state index is 11.6. The van der Waals surface area contributed by atoms with Crippen LogP contribution in [-0.4, -0.2) is 49.1 Å². The van der Waals surface area contributed by atoms with Gasteiger partial charge in [0.2, 0.25) is 0 Å². The standard InChI is InChI=1S/C11H10ClNO6.C9H8ClNO4/c1-18-10(14)9(11(15)19-2)7-4-3-6(13(16)17)5-8(7)12;1-15-9(12)4-6-2-3-7(11(13)14)5-8(6)10/h3-5,9H,1-2H3;2-3,5H,4H2,1H3. The van der Waals surface area contributed by atoms with E-state index in [0.717, 1.165) is 26.4 Å². The van der Waals surface area contributed by atoms with Gasteiger partial charge in [-0.05, 0) is 17.2 Å². The van der Waals surface area contributed by atoms with Crippen molar-refractivity contribution in [2.24, 2.45) is 0 Å². The Kier molecular flexibility index (Phi) is 10.9. The third kappa shape index (κ3) is 7.67. The molecule has 0 N–H and O–H groups in total. The zero-order valence-electron chi connectivity index (χ0n) is 18.0. The smallest absolute Gasteiger partial charge is 0.324 e. The Morgan fingerprint density at radius 3 is 1.68 bits per heavy atom. The van der Waals surface area contributed by atoms with Crippen molar-refractivity contribution in [1.82, 2.24) is 0 Å². The number of ether oxygens (including phenoxy) is 3. The summed E-state index contributed by atoms with van der Waals surface area (Å²) in [5.41, 5.74) is 0.246. The van der Waals surface area contributed by atoms with Gasteiger partial charge in [-0.15, -0.1) is 0 Å². The minimum absolute atomic E-state index is 0.00727. The SMILES string of the molecule is COC(=O)C(C(=O)OC)c1ccc([N+](=O)[O-])cc1Cl.COC(=O)Cc1ccc([N+](=O)[O-])cc1Cl. The van der Waals surface area contributed by atoms with Crippen LogP contribution in [0.15, 0.2) is 36.4 Å². The summed E-state index contributed by atoms with van der Waals surface area (Å²) in [6, 6.07) is 7.36. The fourth-order valence-corrected chi connectivity index (χ4v) is 3.00. The van der Waals surface area contributed by atoms with Crippen molar-refractivity contribution in [3.63, 3.8) is 0 Å². The van der Waals surface area contributed by atoms with Crippen LogP contribution in [0, 0.1) is 20.2 Å². The lowest BCUT2D eigenvalue weighted by molar-refractivity contribution is -0.385. The molecule has 0 aromatic heterocycles. The molecule has 0 amide bonds. The van der Waals surface area contributed by atoms with Crippen LogP contribution in [0.3, 0.4) is 0 Å². The normalized spacial score (nSPS) is 9.94. The average molecular weight is 517 g/mol. The fourth-order valence-electron chi connectivity index (χ4n) is 2.47.